The molecular weight excluding hydrogens is 230 g/mol. The van der Waals surface area contributed by atoms with Gasteiger partial charge in [-0.25, -0.2) is 0 Å². The molecule has 0 fully saturated rings. The Kier molecular flexibility index (Phi) is 3.38. The Balaban J connectivity index is 2.16. The first-order valence-corrected chi connectivity index (χ1v) is 5.59. The van der Waals surface area contributed by atoms with E-state index in [-0.39, 0.29) is 5.91 Å². The number of hydrogen-bond acceptors (Lipinski definition) is 4. The zero-order valence-electron chi connectivity index (χ0n) is 10.3. The molecule has 18 heavy (non-hydrogen) atoms. The molecular formula is C12H15N5O. The third kappa shape index (κ3) is 2.54. The molecule has 3 N–H and O–H groups in total. The van der Waals surface area contributed by atoms with E-state index in [2.05, 4.69) is 15.5 Å². The SMILES string of the molecule is C[C@@H](N)C(=O)Nc1ccc(-c2nncn2C)cc1. The average Bonchev–Trinajstić information content (AvgIpc) is 2.76. The number of benzene rings is 1. The van der Waals surface area contributed by atoms with Crippen molar-refractivity contribution in [3.63, 3.8) is 0 Å². The number of nitrogens with one attached hydrogen (secondary N) is 1. The second kappa shape index (κ2) is 4.97. The fourth-order valence-corrected chi connectivity index (χ4v) is 1.50. The van der Waals surface area contributed by atoms with Crippen molar-refractivity contribution in [1.82, 2.24) is 14.8 Å². The number of aryl methyl sites for hydroxylation is 1. The van der Waals surface area contributed by atoms with Crippen LogP contribution in [-0.4, -0.2) is 26.7 Å². The van der Waals surface area contributed by atoms with Gasteiger partial charge in [0.2, 0.25) is 5.91 Å². The van der Waals surface area contributed by atoms with Gasteiger partial charge in [-0.3, -0.25) is 4.79 Å². The first kappa shape index (κ1) is 12.3. The molecule has 2 rings (SSSR count). The second-order valence-corrected chi connectivity index (χ2v) is 4.12. The number of aromatic nitrogens is 3. The van der Waals surface area contributed by atoms with E-state index in [9.17, 15) is 4.79 Å². The molecule has 0 radical (unpaired) electrons. The highest BCUT2D eigenvalue weighted by Gasteiger charge is 2.08. The van der Waals surface area contributed by atoms with Crippen molar-refractivity contribution < 1.29 is 4.79 Å². The maximum Gasteiger partial charge on any atom is 0.240 e. The zero-order valence-corrected chi connectivity index (χ0v) is 10.3. The van der Waals surface area contributed by atoms with Crippen LogP contribution in [-0.2, 0) is 11.8 Å². The van der Waals surface area contributed by atoms with Crippen LogP contribution in [0.2, 0.25) is 0 Å². The highest BCUT2D eigenvalue weighted by molar-refractivity contribution is 5.94. The predicted molar refractivity (Wildman–Crippen MR) is 68.7 cm³/mol. The number of carbonyl (C=O) groups excluding carboxylic acids is 1. The van der Waals surface area contributed by atoms with Crippen LogP contribution >= 0.6 is 0 Å². The zero-order chi connectivity index (χ0) is 13.1. The van der Waals surface area contributed by atoms with Crippen molar-refractivity contribution in [3.8, 4) is 11.4 Å². The van der Waals surface area contributed by atoms with Gasteiger partial charge < -0.3 is 15.6 Å². The minimum atomic E-state index is -0.525. The van der Waals surface area contributed by atoms with E-state index in [0.29, 0.717) is 5.69 Å². The Morgan fingerprint density at radius 2 is 2.06 bits per heavy atom. The highest BCUT2D eigenvalue weighted by Crippen LogP contribution is 2.18. The standard InChI is InChI=1S/C12H15N5O/c1-8(13)12(18)15-10-5-3-9(4-6-10)11-16-14-7-17(11)2/h3-8H,13H2,1-2H3,(H,15,18)/t8-/m1/s1. The summed E-state index contributed by atoms with van der Waals surface area (Å²) in [6.45, 7) is 1.64. The number of anilines is 1. The number of carbonyl (C=O) groups is 1. The van der Waals surface area contributed by atoms with E-state index in [1.807, 2.05) is 35.9 Å². The van der Waals surface area contributed by atoms with Crippen LogP contribution in [0.5, 0.6) is 0 Å². The van der Waals surface area contributed by atoms with Gasteiger partial charge in [0.1, 0.15) is 6.33 Å². The molecule has 1 atom stereocenters. The van der Waals surface area contributed by atoms with E-state index in [1.165, 1.54) is 0 Å². The molecule has 6 nitrogen and oxygen atoms in total. The maximum absolute atomic E-state index is 11.4. The molecule has 2 aromatic rings. The minimum absolute atomic E-state index is 0.207. The van der Waals surface area contributed by atoms with Gasteiger partial charge in [-0.05, 0) is 31.2 Å². The lowest BCUT2D eigenvalue weighted by Gasteiger charge is -2.08. The Bertz CT molecular complexity index is 544. The number of rotatable bonds is 3. The molecule has 0 saturated carbocycles. The highest BCUT2D eigenvalue weighted by atomic mass is 16.2. The summed E-state index contributed by atoms with van der Waals surface area (Å²) in [7, 11) is 1.88. The normalized spacial score (nSPS) is 12.2. The fraction of sp³-hybridized carbons (Fsp3) is 0.250. The van der Waals surface area contributed by atoms with Crippen molar-refractivity contribution in [1.29, 1.82) is 0 Å². The first-order valence-electron chi connectivity index (χ1n) is 5.59. The molecule has 1 heterocycles. The number of nitrogens with zero attached hydrogens (tertiary/aromatic N) is 3. The van der Waals surface area contributed by atoms with Crippen LogP contribution in [0, 0.1) is 0 Å². The lowest BCUT2D eigenvalue weighted by molar-refractivity contribution is -0.117. The van der Waals surface area contributed by atoms with E-state index < -0.39 is 6.04 Å². The summed E-state index contributed by atoms with van der Waals surface area (Å²) in [6.07, 6.45) is 1.64. The molecule has 0 aliphatic carbocycles. The number of nitrogens with two attached hydrogens (primary N) is 1. The lowest BCUT2D eigenvalue weighted by atomic mass is 10.2. The van der Waals surface area contributed by atoms with Gasteiger partial charge in [-0.15, -0.1) is 10.2 Å². The quantitative estimate of drug-likeness (QED) is 0.836. The Morgan fingerprint density at radius 3 is 2.56 bits per heavy atom. The smallest absolute Gasteiger partial charge is 0.240 e. The summed E-state index contributed by atoms with van der Waals surface area (Å²) in [5.41, 5.74) is 7.13. The monoisotopic (exact) mass is 245 g/mol. The van der Waals surface area contributed by atoms with Crippen LogP contribution < -0.4 is 11.1 Å². The fourth-order valence-electron chi connectivity index (χ4n) is 1.50. The van der Waals surface area contributed by atoms with Crippen LogP contribution in [0.1, 0.15) is 6.92 Å². The number of amides is 1. The van der Waals surface area contributed by atoms with E-state index >= 15 is 0 Å². The van der Waals surface area contributed by atoms with E-state index in [0.717, 1.165) is 11.4 Å². The summed E-state index contributed by atoms with van der Waals surface area (Å²) < 4.78 is 1.83. The van der Waals surface area contributed by atoms with Crippen molar-refractivity contribution in [2.24, 2.45) is 12.8 Å². The van der Waals surface area contributed by atoms with Crippen LogP contribution in [0.4, 0.5) is 5.69 Å². The molecule has 1 amide bonds. The van der Waals surface area contributed by atoms with E-state index in [4.69, 9.17) is 5.73 Å². The van der Waals surface area contributed by atoms with Crippen molar-refractivity contribution >= 4 is 11.6 Å². The van der Waals surface area contributed by atoms with Gasteiger partial charge in [0.25, 0.3) is 0 Å². The topological polar surface area (TPSA) is 85.8 Å². The maximum atomic E-state index is 11.4. The van der Waals surface area contributed by atoms with Gasteiger partial charge >= 0.3 is 0 Å². The Hall–Kier alpha value is -2.21. The average molecular weight is 245 g/mol. The lowest BCUT2D eigenvalue weighted by Crippen LogP contribution is -2.32. The number of hydrogen-bond donors (Lipinski definition) is 2. The van der Waals surface area contributed by atoms with Crippen LogP contribution in [0.25, 0.3) is 11.4 Å². The largest absolute Gasteiger partial charge is 0.325 e. The first-order chi connectivity index (χ1) is 8.58. The van der Waals surface area contributed by atoms with Crippen molar-refractivity contribution in [2.45, 2.75) is 13.0 Å². The Labute approximate surface area is 105 Å². The molecule has 0 unspecified atom stereocenters. The summed E-state index contributed by atoms with van der Waals surface area (Å²) in [5.74, 6) is 0.571. The molecule has 0 saturated heterocycles. The molecule has 0 bridgehead atoms. The predicted octanol–water partition coefficient (Wildman–Crippen LogP) is 0.768. The molecule has 0 aliphatic heterocycles. The van der Waals surface area contributed by atoms with Crippen LogP contribution in [0.3, 0.4) is 0 Å². The van der Waals surface area contributed by atoms with Gasteiger partial charge in [0, 0.05) is 18.3 Å². The molecule has 1 aromatic carbocycles. The van der Waals surface area contributed by atoms with Crippen LogP contribution in [0.15, 0.2) is 30.6 Å². The molecule has 0 aliphatic rings. The third-order valence-electron chi connectivity index (χ3n) is 2.54. The van der Waals surface area contributed by atoms with Crippen molar-refractivity contribution in [3.05, 3.63) is 30.6 Å². The third-order valence-corrected chi connectivity index (χ3v) is 2.54. The van der Waals surface area contributed by atoms with Crippen molar-refractivity contribution in [2.75, 3.05) is 5.32 Å². The summed E-state index contributed by atoms with van der Waals surface area (Å²) in [5, 5.41) is 10.6. The second-order valence-electron chi connectivity index (χ2n) is 4.12. The van der Waals surface area contributed by atoms with E-state index in [1.54, 1.807) is 13.3 Å². The van der Waals surface area contributed by atoms with Gasteiger partial charge in [0.15, 0.2) is 5.82 Å². The minimum Gasteiger partial charge on any atom is -0.325 e. The summed E-state index contributed by atoms with van der Waals surface area (Å²) in [4.78, 5) is 11.4. The Morgan fingerprint density at radius 1 is 1.39 bits per heavy atom. The molecule has 1 aromatic heterocycles. The summed E-state index contributed by atoms with van der Waals surface area (Å²) in [6, 6.07) is 6.85. The molecule has 6 heteroatoms. The molecule has 94 valence electrons. The van der Waals surface area contributed by atoms with Gasteiger partial charge in [0.05, 0.1) is 6.04 Å². The van der Waals surface area contributed by atoms with Gasteiger partial charge in [-0.1, -0.05) is 0 Å². The molecule has 0 spiro atoms. The summed E-state index contributed by atoms with van der Waals surface area (Å²) >= 11 is 0. The van der Waals surface area contributed by atoms with Gasteiger partial charge in [-0.2, -0.15) is 0 Å².